The number of hydrogen-bond acceptors (Lipinski definition) is 4. The minimum absolute atomic E-state index is 0.0978. The minimum Gasteiger partial charge on any atom is -0.379 e. The lowest BCUT2D eigenvalue weighted by molar-refractivity contribution is -0.119. The lowest BCUT2D eigenvalue weighted by atomic mass is 9.84. The predicted octanol–water partition coefficient (Wildman–Crippen LogP) is 3.36. The molecule has 154 valence electrons. The van der Waals surface area contributed by atoms with Gasteiger partial charge in [-0.3, -0.25) is 4.79 Å². The van der Waals surface area contributed by atoms with E-state index in [2.05, 4.69) is 31.3 Å². The van der Waals surface area contributed by atoms with Crippen molar-refractivity contribution in [3.8, 4) is 0 Å². The zero-order valence-corrected chi connectivity index (χ0v) is 18.0. The Labute approximate surface area is 169 Å². The molecule has 0 unspecified atom stereocenters. The molecule has 1 aromatic carbocycles. The molecule has 0 spiro atoms. The molecule has 2 heterocycles. The predicted molar refractivity (Wildman–Crippen MR) is 113 cm³/mol. The summed E-state index contributed by atoms with van der Waals surface area (Å²) in [7, 11) is -3.18. The topological polar surface area (TPSA) is 66.5 Å². The van der Waals surface area contributed by atoms with Gasteiger partial charge in [0.05, 0.1) is 5.75 Å². The number of unbranched alkanes of at least 4 members (excludes halogenated alkanes) is 1. The quantitative estimate of drug-likeness (QED) is 0.739. The van der Waals surface area contributed by atoms with E-state index >= 15 is 0 Å². The number of hydrogen-bond donors (Lipinski definition) is 1. The van der Waals surface area contributed by atoms with Gasteiger partial charge < -0.3 is 5.32 Å². The van der Waals surface area contributed by atoms with Crippen LogP contribution in [0.25, 0.3) is 5.70 Å². The number of allylic oxidation sites excluding steroid dienone is 1. The number of nitrogens with one attached hydrogen (secondary N) is 1. The molecule has 3 rings (SSSR count). The molecular formula is C22H32N2O3S. The average Bonchev–Trinajstić information content (AvgIpc) is 2.65. The van der Waals surface area contributed by atoms with E-state index in [1.165, 1.54) is 5.56 Å². The monoisotopic (exact) mass is 404 g/mol. The fourth-order valence-electron chi connectivity index (χ4n) is 4.14. The zero-order valence-electron chi connectivity index (χ0n) is 17.2. The van der Waals surface area contributed by atoms with Gasteiger partial charge in [-0.15, -0.1) is 0 Å². The van der Waals surface area contributed by atoms with Gasteiger partial charge in [-0.25, -0.2) is 12.7 Å². The fourth-order valence-corrected chi connectivity index (χ4v) is 5.82. The molecule has 1 N–H and O–H groups in total. The van der Waals surface area contributed by atoms with Gasteiger partial charge >= 0.3 is 0 Å². The van der Waals surface area contributed by atoms with Gasteiger partial charge in [-0.1, -0.05) is 37.6 Å². The number of nitrogens with zero attached hydrogens (tertiary/aromatic N) is 1. The van der Waals surface area contributed by atoms with E-state index in [4.69, 9.17) is 0 Å². The van der Waals surface area contributed by atoms with Crippen LogP contribution < -0.4 is 5.32 Å². The van der Waals surface area contributed by atoms with Gasteiger partial charge in [0.25, 0.3) is 0 Å². The summed E-state index contributed by atoms with van der Waals surface area (Å²) in [5.41, 5.74) is 3.13. The van der Waals surface area contributed by atoms with E-state index in [9.17, 15) is 13.2 Å². The van der Waals surface area contributed by atoms with E-state index in [0.29, 0.717) is 32.4 Å². The van der Waals surface area contributed by atoms with Crippen molar-refractivity contribution in [1.82, 2.24) is 9.62 Å². The number of benzene rings is 1. The summed E-state index contributed by atoms with van der Waals surface area (Å²) in [5, 5.41) is 3.51. The summed E-state index contributed by atoms with van der Waals surface area (Å²) in [6, 6.07) is 8.21. The lowest BCUT2D eigenvalue weighted by Gasteiger charge is -2.36. The SMILES string of the molecule is CCCCS(=O)(=O)N1CCC(C(=O)/C=C2\NC(C)(C)Cc3ccccc32)CC1. The van der Waals surface area contributed by atoms with Crippen LogP contribution in [-0.2, 0) is 21.2 Å². The third kappa shape index (κ3) is 4.84. The molecule has 0 aliphatic carbocycles. The Kier molecular flexibility index (Phi) is 6.30. The highest BCUT2D eigenvalue weighted by molar-refractivity contribution is 7.89. The highest BCUT2D eigenvalue weighted by atomic mass is 32.2. The third-order valence-electron chi connectivity index (χ3n) is 5.71. The number of sulfonamides is 1. The smallest absolute Gasteiger partial charge is 0.214 e. The second-order valence-corrected chi connectivity index (χ2v) is 10.7. The number of carbonyl (C=O) groups is 1. The average molecular weight is 405 g/mol. The van der Waals surface area contributed by atoms with Crippen LogP contribution in [0.4, 0.5) is 0 Å². The molecule has 1 aromatic rings. The molecule has 0 saturated carbocycles. The van der Waals surface area contributed by atoms with Gasteiger partial charge in [0.2, 0.25) is 10.0 Å². The molecule has 2 aliphatic heterocycles. The van der Waals surface area contributed by atoms with Crippen LogP contribution in [-0.4, -0.2) is 42.9 Å². The number of rotatable bonds is 6. The lowest BCUT2D eigenvalue weighted by Crippen LogP contribution is -2.44. The number of fused-ring (bicyclic) bond motifs is 1. The number of carbonyl (C=O) groups excluding carboxylic acids is 1. The van der Waals surface area contributed by atoms with E-state index in [1.54, 1.807) is 10.4 Å². The molecule has 1 fully saturated rings. The van der Waals surface area contributed by atoms with E-state index in [-0.39, 0.29) is 23.0 Å². The summed E-state index contributed by atoms with van der Waals surface area (Å²) in [5.74, 6) is 0.201. The number of ketones is 1. The second-order valence-electron chi connectivity index (χ2n) is 8.65. The molecular weight excluding hydrogens is 372 g/mol. The van der Waals surface area contributed by atoms with Gasteiger partial charge in [-0.05, 0) is 45.1 Å². The standard InChI is InChI=1S/C22H32N2O3S/c1-4-5-14-28(26,27)24-12-10-17(11-13-24)21(25)15-20-19-9-7-6-8-18(19)16-22(2,3)23-20/h6-9,15,17,23H,4-5,10-14,16H2,1-3H3/b20-15-. The van der Waals surface area contributed by atoms with Gasteiger partial charge in [0.1, 0.15) is 0 Å². The van der Waals surface area contributed by atoms with Crippen molar-refractivity contribution in [3.05, 3.63) is 41.5 Å². The molecule has 0 radical (unpaired) electrons. The molecule has 0 bridgehead atoms. The molecule has 2 aliphatic rings. The van der Waals surface area contributed by atoms with Gasteiger partial charge in [-0.2, -0.15) is 0 Å². The maximum Gasteiger partial charge on any atom is 0.214 e. The summed E-state index contributed by atoms with van der Waals surface area (Å²) in [6.07, 6.45) is 5.41. The van der Waals surface area contributed by atoms with Crippen molar-refractivity contribution in [2.75, 3.05) is 18.8 Å². The van der Waals surface area contributed by atoms with Crippen LogP contribution in [0.15, 0.2) is 30.3 Å². The van der Waals surface area contributed by atoms with Crippen LogP contribution in [0.5, 0.6) is 0 Å². The maximum atomic E-state index is 12.9. The highest BCUT2D eigenvalue weighted by Crippen LogP contribution is 2.30. The summed E-state index contributed by atoms with van der Waals surface area (Å²) < 4.78 is 26.3. The largest absolute Gasteiger partial charge is 0.379 e. The summed E-state index contributed by atoms with van der Waals surface area (Å²) in [6.45, 7) is 7.16. The Morgan fingerprint density at radius 3 is 2.61 bits per heavy atom. The van der Waals surface area contributed by atoms with Crippen LogP contribution in [0.3, 0.4) is 0 Å². The molecule has 1 saturated heterocycles. The van der Waals surface area contributed by atoms with Crippen molar-refractivity contribution in [2.45, 2.75) is 58.4 Å². The van der Waals surface area contributed by atoms with Crippen molar-refractivity contribution in [3.63, 3.8) is 0 Å². The molecule has 6 heteroatoms. The Bertz CT molecular complexity index is 850. The zero-order chi connectivity index (χ0) is 20.4. The highest BCUT2D eigenvalue weighted by Gasteiger charge is 2.32. The molecule has 5 nitrogen and oxygen atoms in total. The van der Waals surface area contributed by atoms with Crippen LogP contribution in [0, 0.1) is 5.92 Å². The summed E-state index contributed by atoms with van der Waals surface area (Å²) >= 11 is 0. The fraction of sp³-hybridized carbons (Fsp3) is 0.591. The van der Waals surface area contributed by atoms with Crippen molar-refractivity contribution in [1.29, 1.82) is 0 Å². The molecule has 28 heavy (non-hydrogen) atoms. The third-order valence-corrected chi connectivity index (χ3v) is 7.66. The Balaban J connectivity index is 1.69. The maximum absolute atomic E-state index is 12.9. The first-order valence-electron chi connectivity index (χ1n) is 10.3. The Morgan fingerprint density at radius 2 is 1.93 bits per heavy atom. The molecule has 0 atom stereocenters. The normalized spacial score (nSPS) is 21.9. The molecule has 0 amide bonds. The van der Waals surface area contributed by atoms with Crippen LogP contribution >= 0.6 is 0 Å². The van der Waals surface area contributed by atoms with E-state index in [0.717, 1.165) is 24.1 Å². The van der Waals surface area contributed by atoms with Crippen molar-refractivity contribution >= 4 is 21.5 Å². The first kappa shape index (κ1) is 21.1. The van der Waals surface area contributed by atoms with Crippen LogP contribution in [0.2, 0.25) is 0 Å². The van der Waals surface area contributed by atoms with Crippen molar-refractivity contribution < 1.29 is 13.2 Å². The van der Waals surface area contributed by atoms with E-state index < -0.39 is 10.0 Å². The Hall–Kier alpha value is -1.66. The first-order valence-corrected chi connectivity index (χ1v) is 11.9. The minimum atomic E-state index is -3.18. The Morgan fingerprint density at radius 1 is 1.25 bits per heavy atom. The summed E-state index contributed by atoms with van der Waals surface area (Å²) in [4.78, 5) is 12.9. The first-order chi connectivity index (χ1) is 13.2. The van der Waals surface area contributed by atoms with Gasteiger partial charge in [0, 0.05) is 41.9 Å². The van der Waals surface area contributed by atoms with Crippen LogP contribution in [0.1, 0.15) is 57.6 Å². The van der Waals surface area contributed by atoms with Gasteiger partial charge in [0.15, 0.2) is 5.78 Å². The molecule has 0 aromatic heterocycles. The van der Waals surface area contributed by atoms with E-state index in [1.807, 2.05) is 19.1 Å². The second kappa shape index (κ2) is 8.37. The number of piperidine rings is 1. The van der Waals surface area contributed by atoms with Crippen molar-refractivity contribution in [2.24, 2.45) is 5.92 Å².